The molecule has 14 nitrogen and oxygen atoms in total. The molecule has 14 heteroatoms. The Labute approximate surface area is 196 Å². The highest BCUT2D eigenvalue weighted by Crippen LogP contribution is 2.31. The monoisotopic (exact) mass is 502 g/mol. The van der Waals surface area contributed by atoms with Crippen LogP contribution in [-0.4, -0.2) is 151 Å². The van der Waals surface area contributed by atoms with E-state index in [4.69, 9.17) is 18.9 Å². The first kappa shape index (κ1) is 29.7. The van der Waals surface area contributed by atoms with Crippen LogP contribution >= 0.6 is 0 Å². The standard InChI is InChI=1S/C20H38O14/c1-7(3-9(4-21)12(25)8(2)24)31-18-13(26)10(5-22)33-20(16(18)29)34-17-11(6-23)32-19(30)15(28)14(17)27/h7-30H,3-6H2,1-2H3/t7?,8-,9?,10?,11?,12-,13+,14-,15?,16+,17-,18?,19-,20+/m1/s1. The van der Waals surface area contributed by atoms with Crippen molar-refractivity contribution < 1.29 is 70.0 Å². The molecule has 2 heterocycles. The Morgan fingerprint density at radius 2 is 1.38 bits per heavy atom. The zero-order chi connectivity index (χ0) is 25.7. The summed E-state index contributed by atoms with van der Waals surface area (Å²) < 4.78 is 21.7. The Hall–Kier alpha value is -0.560. The Bertz CT molecular complexity index is 594. The summed E-state index contributed by atoms with van der Waals surface area (Å²) in [6, 6.07) is 0. The fraction of sp³-hybridized carbons (Fsp3) is 1.00. The van der Waals surface area contributed by atoms with Crippen molar-refractivity contribution in [2.24, 2.45) is 5.92 Å². The average Bonchev–Trinajstić information content (AvgIpc) is 2.81. The summed E-state index contributed by atoms with van der Waals surface area (Å²) in [4.78, 5) is 0. The van der Waals surface area contributed by atoms with Crippen molar-refractivity contribution in [2.75, 3.05) is 19.8 Å². The summed E-state index contributed by atoms with van der Waals surface area (Å²) in [7, 11) is 0. The normalized spacial score (nSPS) is 42.7. The SMILES string of the molecule is CC(CC(CO)[C@H](O)[C@@H](C)O)OC1[C@@H](O)C(CO)O[C@@H](O[C@@H]2C(CO)O[C@@H](O)C(O)[C@H]2O)[C@H]1O. The molecule has 2 rings (SSSR count). The van der Waals surface area contributed by atoms with Crippen LogP contribution in [-0.2, 0) is 18.9 Å². The van der Waals surface area contributed by atoms with Crippen LogP contribution in [0.1, 0.15) is 20.3 Å². The lowest BCUT2D eigenvalue weighted by Gasteiger charge is -2.46. The quantitative estimate of drug-likeness (QED) is 0.127. The smallest absolute Gasteiger partial charge is 0.187 e. The van der Waals surface area contributed by atoms with Crippen LogP contribution in [0.4, 0.5) is 0 Å². The van der Waals surface area contributed by atoms with E-state index >= 15 is 0 Å². The third-order valence-corrected chi connectivity index (χ3v) is 6.19. The van der Waals surface area contributed by atoms with Crippen LogP contribution in [0.2, 0.25) is 0 Å². The van der Waals surface area contributed by atoms with Gasteiger partial charge < -0.3 is 70.0 Å². The molecule has 0 aromatic carbocycles. The molecule has 0 saturated carbocycles. The number of aliphatic hydroxyl groups is 10. The van der Waals surface area contributed by atoms with E-state index in [-0.39, 0.29) is 6.42 Å². The van der Waals surface area contributed by atoms with E-state index in [2.05, 4.69) is 0 Å². The molecule has 10 N–H and O–H groups in total. The lowest BCUT2D eigenvalue weighted by molar-refractivity contribution is -0.359. The molecular formula is C20H38O14. The van der Waals surface area contributed by atoms with E-state index in [1.807, 2.05) is 0 Å². The van der Waals surface area contributed by atoms with Crippen LogP contribution in [0.25, 0.3) is 0 Å². The molecule has 6 unspecified atom stereocenters. The van der Waals surface area contributed by atoms with Crippen LogP contribution in [0.15, 0.2) is 0 Å². The molecule has 2 aliphatic rings. The van der Waals surface area contributed by atoms with E-state index < -0.39 is 105 Å². The molecule has 0 bridgehead atoms. The molecule has 14 atom stereocenters. The van der Waals surface area contributed by atoms with Gasteiger partial charge in [0, 0.05) is 12.5 Å². The minimum atomic E-state index is -1.79. The van der Waals surface area contributed by atoms with Crippen LogP contribution in [0.5, 0.6) is 0 Å². The molecule has 0 aromatic rings. The summed E-state index contributed by atoms with van der Waals surface area (Å²) in [6.07, 6.45) is -18.6. The predicted octanol–water partition coefficient (Wildman–Crippen LogP) is -5.24. The Balaban J connectivity index is 2.14. The molecule has 202 valence electrons. The van der Waals surface area contributed by atoms with Gasteiger partial charge in [-0.1, -0.05) is 0 Å². The van der Waals surface area contributed by atoms with Gasteiger partial charge in [0.25, 0.3) is 0 Å². The van der Waals surface area contributed by atoms with E-state index in [0.29, 0.717) is 0 Å². The number of aliphatic hydroxyl groups excluding tert-OH is 10. The first-order valence-electron chi connectivity index (χ1n) is 11.2. The largest absolute Gasteiger partial charge is 0.396 e. The van der Waals surface area contributed by atoms with Gasteiger partial charge in [-0.25, -0.2) is 0 Å². The van der Waals surface area contributed by atoms with Gasteiger partial charge in [0.2, 0.25) is 0 Å². The molecule has 2 aliphatic heterocycles. The maximum Gasteiger partial charge on any atom is 0.187 e. The summed E-state index contributed by atoms with van der Waals surface area (Å²) in [5.41, 5.74) is 0. The molecular weight excluding hydrogens is 464 g/mol. The van der Waals surface area contributed by atoms with Gasteiger partial charge in [-0.05, 0) is 20.3 Å². The van der Waals surface area contributed by atoms with E-state index in [9.17, 15) is 51.1 Å². The molecule has 0 spiro atoms. The van der Waals surface area contributed by atoms with Gasteiger partial charge in [0.15, 0.2) is 12.6 Å². The summed E-state index contributed by atoms with van der Waals surface area (Å²) in [5.74, 6) is -0.766. The van der Waals surface area contributed by atoms with E-state index in [1.165, 1.54) is 6.92 Å². The molecule has 2 fully saturated rings. The molecule has 0 amide bonds. The first-order valence-corrected chi connectivity index (χ1v) is 11.2. The Morgan fingerprint density at radius 1 is 0.765 bits per heavy atom. The van der Waals surface area contributed by atoms with Crippen molar-refractivity contribution in [3.8, 4) is 0 Å². The van der Waals surface area contributed by atoms with Crippen molar-refractivity contribution in [1.29, 1.82) is 0 Å². The average molecular weight is 503 g/mol. The summed E-state index contributed by atoms with van der Waals surface area (Å²) in [5, 5.41) is 99.4. The highest BCUT2D eigenvalue weighted by Gasteiger charge is 2.51. The topological polar surface area (TPSA) is 239 Å². The van der Waals surface area contributed by atoms with Crippen LogP contribution in [0.3, 0.4) is 0 Å². The molecule has 2 saturated heterocycles. The number of ether oxygens (including phenoxy) is 4. The lowest BCUT2D eigenvalue weighted by atomic mass is 9.93. The summed E-state index contributed by atoms with van der Waals surface area (Å²) in [6.45, 7) is 1.04. The fourth-order valence-corrected chi connectivity index (χ4v) is 4.18. The zero-order valence-electron chi connectivity index (χ0n) is 19.0. The second-order valence-corrected chi connectivity index (χ2v) is 8.86. The maximum absolute atomic E-state index is 10.8. The van der Waals surface area contributed by atoms with Crippen molar-refractivity contribution in [3.05, 3.63) is 0 Å². The van der Waals surface area contributed by atoms with Crippen LogP contribution < -0.4 is 0 Å². The second-order valence-electron chi connectivity index (χ2n) is 8.86. The van der Waals surface area contributed by atoms with Gasteiger partial charge >= 0.3 is 0 Å². The van der Waals surface area contributed by atoms with E-state index in [0.717, 1.165) is 0 Å². The highest BCUT2D eigenvalue weighted by molar-refractivity contribution is 4.94. The van der Waals surface area contributed by atoms with Gasteiger partial charge in [-0.15, -0.1) is 0 Å². The van der Waals surface area contributed by atoms with Gasteiger partial charge in [0.1, 0.15) is 48.8 Å². The number of rotatable bonds is 11. The first-order chi connectivity index (χ1) is 16.0. The van der Waals surface area contributed by atoms with Gasteiger partial charge in [-0.2, -0.15) is 0 Å². The molecule has 34 heavy (non-hydrogen) atoms. The van der Waals surface area contributed by atoms with E-state index in [1.54, 1.807) is 6.92 Å². The lowest BCUT2D eigenvalue weighted by Crippen LogP contribution is -2.65. The van der Waals surface area contributed by atoms with Crippen molar-refractivity contribution >= 4 is 0 Å². The predicted molar refractivity (Wildman–Crippen MR) is 110 cm³/mol. The Morgan fingerprint density at radius 3 is 1.91 bits per heavy atom. The van der Waals surface area contributed by atoms with Crippen molar-refractivity contribution in [3.63, 3.8) is 0 Å². The zero-order valence-corrected chi connectivity index (χ0v) is 19.0. The van der Waals surface area contributed by atoms with Gasteiger partial charge in [-0.3, -0.25) is 0 Å². The second kappa shape index (κ2) is 13.1. The summed E-state index contributed by atoms with van der Waals surface area (Å²) >= 11 is 0. The fourth-order valence-electron chi connectivity index (χ4n) is 4.18. The Kier molecular flexibility index (Phi) is 11.4. The minimum Gasteiger partial charge on any atom is -0.396 e. The minimum absolute atomic E-state index is 0.0422. The number of hydrogen-bond donors (Lipinski definition) is 10. The van der Waals surface area contributed by atoms with Crippen molar-refractivity contribution in [2.45, 2.75) is 100.0 Å². The van der Waals surface area contributed by atoms with Crippen LogP contribution in [0, 0.1) is 5.92 Å². The molecule has 0 radical (unpaired) electrons. The third kappa shape index (κ3) is 6.80. The van der Waals surface area contributed by atoms with Gasteiger partial charge in [0.05, 0.1) is 31.5 Å². The molecule has 0 aliphatic carbocycles. The third-order valence-electron chi connectivity index (χ3n) is 6.19. The highest BCUT2D eigenvalue weighted by atomic mass is 16.7. The molecule has 0 aromatic heterocycles. The maximum atomic E-state index is 10.8. The number of hydrogen-bond acceptors (Lipinski definition) is 14. The van der Waals surface area contributed by atoms with Crippen molar-refractivity contribution in [1.82, 2.24) is 0 Å².